The van der Waals surface area contributed by atoms with Crippen LogP contribution in [-0.4, -0.2) is 22.1 Å². The standard InChI is InChI=1S/C15H14N2O4/c1-10-2-3-12(8-11(10)4-5-14(18)19)15(20)16-9-13-6-7-21-17-13/h2-8H,9H2,1H3,(H,16,20)(H,18,19)/b5-4+. The van der Waals surface area contributed by atoms with E-state index in [1.165, 1.54) is 12.3 Å². The minimum absolute atomic E-state index is 0.261. The fraction of sp³-hybridized carbons (Fsp3) is 0.133. The van der Waals surface area contributed by atoms with Crippen molar-refractivity contribution in [1.82, 2.24) is 10.5 Å². The summed E-state index contributed by atoms with van der Waals surface area (Å²) in [6, 6.07) is 6.77. The summed E-state index contributed by atoms with van der Waals surface area (Å²) in [5.41, 5.74) is 2.66. The van der Waals surface area contributed by atoms with E-state index in [4.69, 9.17) is 5.11 Å². The number of carboxylic acids is 1. The van der Waals surface area contributed by atoms with Crippen molar-refractivity contribution in [3.8, 4) is 0 Å². The molecule has 1 amide bonds. The van der Waals surface area contributed by atoms with Gasteiger partial charge >= 0.3 is 5.97 Å². The number of rotatable bonds is 5. The van der Waals surface area contributed by atoms with E-state index in [9.17, 15) is 9.59 Å². The van der Waals surface area contributed by atoms with Crippen molar-refractivity contribution in [3.63, 3.8) is 0 Å². The molecule has 21 heavy (non-hydrogen) atoms. The molecule has 0 atom stereocenters. The van der Waals surface area contributed by atoms with Crippen molar-refractivity contribution >= 4 is 18.0 Å². The van der Waals surface area contributed by atoms with Gasteiger partial charge in [-0.05, 0) is 36.3 Å². The maximum absolute atomic E-state index is 12.0. The lowest BCUT2D eigenvalue weighted by Crippen LogP contribution is -2.23. The Morgan fingerprint density at radius 2 is 2.19 bits per heavy atom. The number of hydrogen-bond acceptors (Lipinski definition) is 4. The summed E-state index contributed by atoms with van der Waals surface area (Å²) in [6.45, 7) is 2.11. The van der Waals surface area contributed by atoms with Crippen molar-refractivity contribution in [1.29, 1.82) is 0 Å². The maximum Gasteiger partial charge on any atom is 0.328 e. The number of carbonyl (C=O) groups is 2. The first kappa shape index (κ1) is 14.5. The summed E-state index contributed by atoms with van der Waals surface area (Å²) in [7, 11) is 0. The Bertz CT molecular complexity index is 675. The highest BCUT2D eigenvalue weighted by molar-refractivity contribution is 5.95. The predicted molar refractivity (Wildman–Crippen MR) is 75.5 cm³/mol. The quantitative estimate of drug-likeness (QED) is 0.820. The van der Waals surface area contributed by atoms with E-state index in [1.807, 2.05) is 6.92 Å². The minimum atomic E-state index is -1.03. The molecule has 0 unspecified atom stereocenters. The monoisotopic (exact) mass is 286 g/mol. The Balaban J connectivity index is 2.10. The lowest BCUT2D eigenvalue weighted by atomic mass is 10.0. The number of carboxylic acid groups (broad SMARTS) is 1. The number of aliphatic carboxylic acids is 1. The SMILES string of the molecule is Cc1ccc(C(=O)NCc2ccon2)cc1/C=C/C(=O)O. The lowest BCUT2D eigenvalue weighted by Gasteiger charge is -2.06. The molecule has 6 heteroatoms. The van der Waals surface area contributed by atoms with E-state index < -0.39 is 5.97 Å². The molecule has 0 saturated carbocycles. The highest BCUT2D eigenvalue weighted by atomic mass is 16.5. The number of carbonyl (C=O) groups excluding carboxylic acids is 1. The van der Waals surface area contributed by atoms with Crippen LogP contribution in [0.4, 0.5) is 0 Å². The van der Waals surface area contributed by atoms with Crippen molar-refractivity contribution < 1.29 is 19.2 Å². The first-order valence-electron chi connectivity index (χ1n) is 6.25. The van der Waals surface area contributed by atoms with Gasteiger partial charge in [0.05, 0.1) is 6.54 Å². The third-order valence-electron chi connectivity index (χ3n) is 2.87. The molecule has 108 valence electrons. The van der Waals surface area contributed by atoms with Crippen LogP contribution >= 0.6 is 0 Å². The second-order valence-corrected chi connectivity index (χ2v) is 4.42. The molecular formula is C15H14N2O4. The second kappa shape index (κ2) is 6.51. The van der Waals surface area contributed by atoms with Crippen molar-refractivity contribution in [2.45, 2.75) is 13.5 Å². The van der Waals surface area contributed by atoms with Gasteiger partial charge in [0.1, 0.15) is 12.0 Å². The third-order valence-corrected chi connectivity index (χ3v) is 2.87. The van der Waals surface area contributed by atoms with Gasteiger partial charge in [-0.2, -0.15) is 0 Å². The van der Waals surface area contributed by atoms with Gasteiger partial charge in [-0.1, -0.05) is 11.2 Å². The molecule has 0 radical (unpaired) electrons. The van der Waals surface area contributed by atoms with Crippen LogP contribution in [0.25, 0.3) is 6.08 Å². The predicted octanol–water partition coefficient (Wildman–Crippen LogP) is 2.01. The number of aryl methyl sites for hydroxylation is 1. The van der Waals surface area contributed by atoms with Crippen LogP contribution in [0.15, 0.2) is 41.1 Å². The Morgan fingerprint density at radius 1 is 1.38 bits per heavy atom. The van der Waals surface area contributed by atoms with E-state index >= 15 is 0 Å². The zero-order valence-electron chi connectivity index (χ0n) is 11.4. The molecule has 1 heterocycles. The zero-order valence-corrected chi connectivity index (χ0v) is 11.4. The van der Waals surface area contributed by atoms with Crippen LogP contribution in [0.2, 0.25) is 0 Å². The molecule has 1 aromatic heterocycles. The number of amides is 1. The van der Waals surface area contributed by atoms with Crippen molar-refractivity contribution in [3.05, 3.63) is 59.0 Å². The molecule has 0 aliphatic heterocycles. The van der Waals surface area contributed by atoms with Crippen LogP contribution in [0.1, 0.15) is 27.2 Å². The normalized spacial score (nSPS) is 10.7. The molecule has 0 bridgehead atoms. The van der Waals surface area contributed by atoms with Crippen LogP contribution < -0.4 is 5.32 Å². The molecule has 0 saturated heterocycles. The fourth-order valence-corrected chi connectivity index (χ4v) is 1.72. The Kier molecular flexibility index (Phi) is 4.50. The topological polar surface area (TPSA) is 92.4 Å². The first-order valence-corrected chi connectivity index (χ1v) is 6.25. The van der Waals surface area contributed by atoms with Crippen LogP contribution in [0.5, 0.6) is 0 Å². The van der Waals surface area contributed by atoms with Gasteiger partial charge in [-0.25, -0.2) is 4.79 Å². The van der Waals surface area contributed by atoms with Crippen LogP contribution in [-0.2, 0) is 11.3 Å². The van der Waals surface area contributed by atoms with Crippen molar-refractivity contribution in [2.24, 2.45) is 0 Å². The summed E-state index contributed by atoms with van der Waals surface area (Å²) < 4.78 is 4.68. The molecule has 2 rings (SSSR count). The zero-order chi connectivity index (χ0) is 15.2. The molecule has 2 N–H and O–H groups in total. The van der Waals surface area contributed by atoms with E-state index in [2.05, 4.69) is 15.0 Å². The molecule has 0 spiro atoms. The van der Waals surface area contributed by atoms with E-state index in [0.717, 1.165) is 11.6 Å². The molecule has 0 fully saturated rings. The maximum atomic E-state index is 12.0. The number of aromatic nitrogens is 1. The van der Waals surface area contributed by atoms with Gasteiger partial charge in [-0.15, -0.1) is 0 Å². The summed E-state index contributed by atoms with van der Waals surface area (Å²) >= 11 is 0. The molecular weight excluding hydrogens is 272 g/mol. The third kappa shape index (κ3) is 4.04. The number of nitrogens with zero attached hydrogens (tertiary/aromatic N) is 1. The largest absolute Gasteiger partial charge is 0.478 e. The van der Waals surface area contributed by atoms with Gasteiger partial charge in [-0.3, -0.25) is 4.79 Å². The molecule has 6 nitrogen and oxygen atoms in total. The van der Waals surface area contributed by atoms with Crippen molar-refractivity contribution in [2.75, 3.05) is 0 Å². The summed E-state index contributed by atoms with van der Waals surface area (Å²) in [5, 5.41) is 15.1. The molecule has 0 aliphatic rings. The van der Waals surface area contributed by atoms with Crippen LogP contribution in [0.3, 0.4) is 0 Å². The molecule has 1 aromatic carbocycles. The Hall–Kier alpha value is -2.89. The first-order chi connectivity index (χ1) is 10.1. The summed E-state index contributed by atoms with van der Waals surface area (Å²) in [5.74, 6) is -1.29. The average Bonchev–Trinajstić information content (AvgIpc) is 2.97. The van der Waals surface area contributed by atoms with Crippen LogP contribution in [0, 0.1) is 6.92 Å². The van der Waals surface area contributed by atoms with Gasteiger partial charge in [0.15, 0.2) is 0 Å². The molecule has 2 aromatic rings. The lowest BCUT2D eigenvalue weighted by molar-refractivity contribution is -0.131. The van der Waals surface area contributed by atoms with E-state index in [-0.39, 0.29) is 12.5 Å². The van der Waals surface area contributed by atoms with E-state index in [0.29, 0.717) is 16.8 Å². The number of nitrogens with one attached hydrogen (secondary N) is 1. The smallest absolute Gasteiger partial charge is 0.328 e. The van der Waals surface area contributed by atoms with Gasteiger partial charge < -0.3 is 14.9 Å². The van der Waals surface area contributed by atoms with Gasteiger partial charge in [0, 0.05) is 17.7 Å². The van der Waals surface area contributed by atoms with Gasteiger partial charge in [0.25, 0.3) is 5.91 Å². The second-order valence-electron chi connectivity index (χ2n) is 4.42. The Labute approximate surface area is 121 Å². The summed E-state index contributed by atoms with van der Waals surface area (Å²) in [4.78, 5) is 22.6. The number of benzene rings is 1. The highest BCUT2D eigenvalue weighted by Crippen LogP contribution is 2.13. The summed E-state index contributed by atoms with van der Waals surface area (Å²) in [6.07, 6.45) is 3.94. The average molecular weight is 286 g/mol. The van der Waals surface area contributed by atoms with Gasteiger partial charge in [0.2, 0.25) is 0 Å². The minimum Gasteiger partial charge on any atom is -0.478 e. The fourth-order valence-electron chi connectivity index (χ4n) is 1.72. The highest BCUT2D eigenvalue weighted by Gasteiger charge is 2.08. The number of hydrogen-bond donors (Lipinski definition) is 2. The molecule has 0 aliphatic carbocycles. The Morgan fingerprint density at radius 3 is 2.86 bits per heavy atom. The van der Waals surface area contributed by atoms with E-state index in [1.54, 1.807) is 24.3 Å².